The molecule has 1 aromatic carbocycles. The molecule has 0 amide bonds. The maximum atomic E-state index is 12.0. The van der Waals surface area contributed by atoms with E-state index in [2.05, 4.69) is 4.72 Å². The van der Waals surface area contributed by atoms with Crippen molar-refractivity contribution in [3.8, 4) is 0 Å². The van der Waals surface area contributed by atoms with Crippen molar-refractivity contribution < 1.29 is 8.42 Å². The average molecular weight is 282 g/mol. The number of thiophene rings is 1. The predicted octanol–water partition coefficient (Wildman–Crippen LogP) is 1.85. The van der Waals surface area contributed by atoms with Crippen LogP contribution in [0.15, 0.2) is 46.0 Å². The van der Waals surface area contributed by atoms with Crippen LogP contribution in [-0.4, -0.2) is 15.0 Å². The third kappa shape index (κ3) is 3.10. The van der Waals surface area contributed by atoms with Crippen molar-refractivity contribution in [2.24, 2.45) is 0 Å². The first-order valence-electron chi connectivity index (χ1n) is 5.45. The molecule has 0 aliphatic heterocycles. The van der Waals surface area contributed by atoms with Gasteiger partial charge >= 0.3 is 0 Å². The third-order valence-electron chi connectivity index (χ3n) is 2.49. The molecule has 96 valence electrons. The van der Waals surface area contributed by atoms with E-state index >= 15 is 0 Å². The quantitative estimate of drug-likeness (QED) is 0.822. The van der Waals surface area contributed by atoms with Crippen LogP contribution in [0.3, 0.4) is 0 Å². The van der Waals surface area contributed by atoms with E-state index in [1.165, 1.54) is 6.07 Å². The molecule has 18 heavy (non-hydrogen) atoms. The molecule has 0 aliphatic rings. The van der Waals surface area contributed by atoms with Crippen molar-refractivity contribution in [2.45, 2.75) is 11.3 Å². The molecule has 0 radical (unpaired) electrons. The molecule has 0 spiro atoms. The monoisotopic (exact) mass is 282 g/mol. The van der Waals surface area contributed by atoms with Gasteiger partial charge in [0, 0.05) is 6.54 Å². The van der Waals surface area contributed by atoms with Gasteiger partial charge < -0.3 is 5.73 Å². The Labute approximate surface area is 111 Å². The molecular weight excluding hydrogens is 268 g/mol. The van der Waals surface area contributed by atoms with E-state index in [-0.39, 0.29) is 10.6 Å². The van der Waals surface area contributed by atoms with Gasteiger partial charge in [0.2, 0.25) is 10.0 Å². The molecule has 1 aromatic heterocycles. The minimum atomic E-state index is -3.52. The zero-order chi connectivity index (χ0) is 13.0. The summed E-state index contributed by atoms with van der Waals surface area (Å²) in [6, 6.07) is 8.43. The Morgan fingerprint density at radius 3 is 2.67 bits per heavy atom. The second-order valence-electron chi connectivity index (χ2n) is 3.82. The number of hydrogen-bond donors (Lipinski definition) is 2. The van der Waals surface area contributed by atoms with E-state index < -0.39 is 10.0 Å². The number of benzene rings is 1. The summed E-state index contributed by atoms with van der Waals surface area (Å²) in [5, 5.41) is 3.98. The van der Waals surface area contributed by atoms with Gasteiger partial charge in [-0.3, -0.25) is 0 Å². The summed E-state index contributed by atoms with van der Waals surface area (Å²) in [7, 11) is -3.52. The highest BCUT2D eigenvalue weighted by Gasteiger charge is 2.15. The fourth-order valence-electron chi connectivity index (χ4n) is 1.57. The molecule has 0 fully saturated rings. The zero-order valence-electron chi connectivity index (χ0n) is 9.67. The van der Waals surface area contributed by atoms with Crippen LogP contribution >= 0.6 is 11.3 Å². The Hall–Kier alpha value is -1.37. The molecule has 0 bridgehead atoms. The minimum absolute atomic E-state index is 0.135. The molecular formula is C12H14N2O2S2. The molecule has 0 saturated heterocycles. The third-order valence-corrected chi connectivity index (χ3v) is 4.76. The molecule has 4 nitrogen and oxygen atoms in total. The molecule has 1 heterocycles. The number of para-hydroxylation sites is 1. The maximum Gasteiger partial charge on any atom is 0.242 e. The zero-order valence-corrected chi connectivity index (χ0v) is 11.3. The number of nitrogens with one attached hydrogen (secondary N) is 1. The number of nitrogens with two attached hydrogens (primary N) is 1. The smallest absolute Gasteiger partial charge is 0.242 e. The van der Waals surface area contributed by atoms with Crippen molar-refractivity contribution in [2.75, 3.05) is 12.3 Å². The van der Waals surface area contributed by atoms with Crippen LogP contribution < -0.4 is 10.5 Å². The Morgan fingerprint density at radius 2 is 2.00 bits per heavy atom. The van der Waals surface area contributed by atoms with Crippen molar-refractivity contribution >= 4 is 27.0 Å². The first-order valence-corrected chi connectivity index (χ1v) is 7.87. The first kappa shape index (κ1) is 13.1. The van der Waals surface area contributed by atoms with Gasteiger partial charge in [0.1, 0.15) is 4.90 Å². The number of hydrogen-bond acceptors (Lipinski definition) is 4. The number of anilines is 1. The predicted molar refractivity (Wildman–Crippen MR) is 74.1 cm³/mol. The summed E-state index contributed by atoms with van der Waals surface area (Å²) in [4.78, 5) is 0.135. The van der Waals surface area contributed by atoms with Gasteiger partial charge in [0.15, 0.2) is 0 Å². The minimum Gasteiger partial charge on any atom is -0.398 e. The summed E-state index contributed by atoms with van der Waals surface area (Å²) >= 11 is 1.60. The second kappa shape index (κ2) is 5.51. The van der Waals surface area contributed by atoms with Crippen molar-refractivity contribution in [3.05, 3.63) is 46.7 Å². The summed E-state index contributed by atoms with van der Waals surface area (Å²) in [5.41, 5.74) is 7.05. The molecule has 6 heteroatoms. The number of nitrogen functional groups attached to an aromatic ring is 1. The Morgan fingerprint density at radius 1 is 1.22 bits per heavy atom. The highest BCUT2D eigenvalue weighted by atomic mass is 32.2. The van der Waals surface area contributed by atoms with Crippen LogP contribution in [-0.2, 0) is 16.4 Å². The lowest BCUT2D eigenvalue weighted by atomic mass is 10.2. The van der Waals surface area contributed by atoms with Crippen molar-refractivity contribution in [3.63, 3.8) is 0 Å². The van der Waals surface area contributed by atoms with Crippen LogP contribution in [0.4, 0.5) is 5.69 Å². The van der Waals surface area contributed by atoms with E-state index in [9.17, 15) is 8.42 Å². The Bertz CT molecular complexity index is 607. The highest BCUT2D eigenvalue weighted by Crippen LogP contribution is 2.16. The SMILES string of the molecule is Nc1ccccc1S(=O)(=O)NCCc1ccsc1. The molecule has 0 atom stereocenters. The van der Waals surface area contributed by atoms with E-state index in [1.807, 2.05) is 16.8 Å². The maximum absolute atomic E-state index is 12.0. The molecule has 0 saturated carbocycles. The lowest BCUT2D eigenvalue weighted by Crippen LogP contribution is -2.26. The summed E-state index contributed by atoms with van der Waals surface area (Å²) < 4.78 is 26.5. The topological polar surface area (TPSA) is 72.2 Å². The highest BCUT2D eigenvalue weighted by molar-refractivity contribution is 7.89. The van der Waals surface area contributed by atoms with Crippen molar-refractivity contribution in [1.82, 2.24) is 4.72 Å². The van der Waals surface area contributed by atoms with Gasteiger partial charge in [-0.25, -0.2) is 13.1 Å². The van der Waals surface area contributed by atoms with E-state index in [0.717, 1.165) is 5.56 Å². The molecule has 0 unspecified atom stereocenters. The van der Waals surface area contributed by atoms with Gasteiger partial charge in [-0.1, -0.05) is 12.1 Å². The fraction of sp³-hybridized carbons (Fsp3) is 0.167. The largest absolute Gasteiger partial charge is 0.398 e. The second-order valence-corrected chi connectivity index (χ2v) is 6.33. The molecule has 0 aliphatic carbocycles. The Balaban J connectivity index is 2.02. The van der Waals surface area contributed by atoms with Gasteiger partial charge in [0.05, 0.1) is 5.69 Å². The molecule has 3 N–H and O–H groups in total. The number of rotatable bonds is 5. The Kier molecular flexibility index (Phi) is 4.00. The van der Waals surface area contributed by atoms with Crippen LogP contribution in [0.25, 0.3) is 0 Å². The normalized spacial score (nSPS) is 11.6. The van der Waals surface area contributed by atoms with Gasteiger partial charge in [-0.2, -0.15) is 11.3 Å². The van der Waals surface area contributed by atoms with Gasteiger partial charge in [-0.05, 0) is 40.9 Å². The number of sulfonamides is 1. The summed E-state index contributed by atoms with van der Waals surface area (Å²) in [6.07, 6.45) is 0.676. The van der Waals surface area contributed by atoms with E-state index in [0.29, 0.717) is 13.0 Å². The van der Waals surface area contributed by atoms with Gasteiger partial charge in [-0.15, -0.1) is 0 Å². The summed E-state index contributed by atoms with van der Waals surface area (Å²) in [6.45, 7) is 0.368. The van der Waals surface area contributed by atoms with E-state index in [1.54, 1.807) is 29.5 Å². The van der Waals surface area contributed by atoms with Crippen LogP contribution in [0, 0.1) is 0 Å². The van der Waals surface area contributed by atoms with Gasteiger partial charge in [0.25, 0.3) is 0 Å². The first-order chi connectivity index (χ1) is 8.59. The van der Waals surface area contributed by atoms with Crippen LogP contribution in [0.1, 0.15) is 5.56 Å². The van der Waals surface area contributed by atoms with E-state index in [4.69, 9.17) is 5.73 Å². The lowest BCUT2D eigenvalue weighted by Gasteiger charge is -2.08. The van der Waals surface area contributed by atoms with Crippen LogP contribution in [0.2, 0.25) is 0 Å². The lowest BCUT2D eigenvalue weighted by molar-refractivity contribution is 0.582. The van der Waals surface area contributed by atoms with Crippen molar-refractivity contribution in [1.29, 1.82) is 0 Å². The fourth-order valence-corrected chi connectivity index (χ4v) is 3.43. The van der Waals surface area contributed by atoms with Crippen LogP contribution in [0.5, 0.6) is 0 Å². The average Bonchev–Trinajstić information content (AvgIpc) is 2.82. The molecule has 2 rings (SSSR count). The summed E-state index contributed by atoms with van der Waals surface area (Å²) in [5.74, 6) is 0. The molecule has 2 aromatic rings. The standard InChI is InChI=1S/C12H14N2O2S2/c13-11-3-1-2-4-12(11)18(15,16)14-7-5-10-6-8-17-9-10/h1-4,6,8-9,14H,5,7,13H2.